The predicted octanol–water partition coefficient (Wildman–Crippen LogP) is 6.10. The molecular formula is C18H34O. The van der Waals surface area contributed by atoms with E-state index in [-0.39, 0.29) is 0 Å². The average molecular weight is 266 g/mol. The molecular weight excluding hydrogens is 232 g/mol. The number of carbonyl (C=O) groups excluding carboxylic acids is 1. The van der Waals surface area contributed by atoms with Gasteiger partial charge in [0.15, 0.2) is 0 Å². The summed E-state index contributed by atoms with van der Waals surface area (Å²) in [5.74, 6) is 2.60. The highest BCUT2D eigenvalue weighted by atomic mass is 16.1. The molecule has 0 saturated carbocycles. The van der Waals surface area contributed by atoms with E-state index >= 15 is 0 Å². The van der Waals surface area contributed by atoms with Gasteiger partial charge in [-0.1, -0.05) is 90.9 Å². The first-order valence-electron chi connectivity index (χ1n) is 8.54. The van der Waals surface area contributed by atoms with Crippen LogP contribution in [-0.2, 0) is 4.79 Å². The van der Waals surface area contributed by atoms with Gasteiger partial charge in [-0.05, 0) is 12.3 Å². The Labute approximate surface area is 120 Å². The lowest BCUT2D eigenvalue weighted by molar-refractivity contribution is 0.441. The standard InChI is InChI=1S/C18H34O/c1-3-5-6-7-8-9-10-11-12-13-15-18(4-2)16-14-17-19/h14,18H,3-13,15-16H2,1-2H3. The van der Waals surface area contributed by atoms with Crippen LogP contribution in [0.1, 0.15) is 97.3 Å². The Morgan fingerprint density at radius 1 is 0.842 bits per heavy atom. The van der Waals surface area contributed by atoms with Crippen LogP contribution in [0.4, 0.5) is 0 Å². The van der Waals surface area contributed by atoms with Crippen LogP contribution in [0, 0.1) is 5.92 Å². The van der Waals surface area contributed by atoms with Crippen LogP contribution in [-0.4, -0.2) is 5.94 Å². The fourth-order valence-electron chi connectivity index (χ4n) is 2.62. The van der Waals surface area contributed by atoms with Gasteiger partial charge in [-0.2, -0.15) is 0 Å². The molecule has 0 aliphatic carbocycles. The van der Waals surface area contributed by atoms with Gasteiger partial charge in [-0.25, -0.2) is 4.79 Å². The van der Waals surface area contributed by atoms with Gasteiger partial charge in [0.1, 0.15) is 5.94 Å². The average Bonchev–Trinajstić information content (AvgIpc) is 2.44. The van der Waals surface area contributed by atoms with E-state index in [1.54, 1.807) is 6.08 Å². The Hall–Kier alpha value is -0.550. The second kappa shape index (κ2) is 15.5. The lowest BCUT2D eigenvalue weighted by Crippen LogP contribution is -1.97. The molecule has 0 radical (unpaired) electrons. The second-order valence-corrected chi connectivity index (χ2v) is 5.80. The summed E-state index contributed by atoms with van der Waals surface area (Å²) in [6.07, 6.45) is 19.1. The molecule has 0 aromatic rings. The molecule has 0 heterocycles. The Morgan fingerprint density at radius 2 is 1.37 bits per heavy atom. The van der Waals surface area contributed by atoms with Crippen LogP contribution in [0.25, 0.3) is 0 Å². The first-order valence-corrected chi connectivity index (χ1v) is 8.54. The molecule has 0 N–H and O–H groups in total. The maximum Gasteiger partial charge on any atom is 0.120 e. The largest absolute Gasteiger partial charge is 0.234 e. The lowest BCUT2D eigenvalue weighted by Gasteiger charge is -2.11. The Morgan fingerprint density at radius 3 is 1.84 bits per heavy atom. The maximum absolute atomic E-state index is 10.2. The van der Waals surface area contributed by atoms with Gasteiger partial charge in [0, 0.05) is 6.08 Å². The van der Waals surface area contributed by atoms with E-state index in [9.17, 15) is 4.79 Å². The summed E-state index contributed by atoms with van der Waals surface area (Å²) < 4.78 is 0. The van der Waals surface area contributed by atoms with Crippen molar-refractivity contribution >= 4 is 5.94 Å². The summed E-state index contributed by atoms with van der Waals surface area (Å²) in [4.78, 5) is 10.2. The zero-order chi connectivity index (χ0) is 14.2. The zero-order valence-corrected chi connectivity index (χ0v) is 13.3. The number of hydrogen-bond acceptors (Lipinski definition) is 1. The van der Waals surface area contributed by atoms with Gasteiger partial charge in [0.2, 0.25) is 0 Å². The van der Waals surface area contributed by atoms with Crippen LogP contribution < -0.4 is 0 Å². The van der Waals surface area contributed by atoms with Gasteiger partial charge < -0.3 is 0 Å². The van der Waals surface area contributed by atoms with Crippen LogP contribution >= 0.6 is 0 Å². The molecule has 1 atom stereocenters. The van der Waals surface area contributed by atoms with Crippen LogP contribution in [0.15, 0.2) is 6.08 Å². The molecule has 0 saturated heterocycles. The van der Waals surface area contributed by atoms with Crippen molar-refractivity contribution in [2.24, 2.45) is 5.92 Å². The molecule has 112 valence electrons. The maximum atomic E-state index is 10.2. The number of rotatable bonds is 14. The fraction of sp³-hybridized carbons (Fsp3) is 0.889. The van der Waals surface area contributed by atoms with Gasteiger partial charge in [0.25, 0.3) is 0 Å². The highest BCUT2D eigenvalue weighted by Crippen LogP contribution is 2.18. The van der Waals surface area contributed by atoms with E-state index in [2.05, 4.69) is 13.8 Å². The second-order valence-electron chi connectivity index (χ2n) is 5.80. The van der Waals surface area contributed by atoms with Crippen molar-refractivity contribution in [1.29, 1.82) is 0 Å². The normalized spacial score (nSPS) is 12.1. The first kappa shape index (κ1) is 18.4. The van der Waals surface area contributed by atoms with Crippen molar-refractivity contribution in [2.45, 2.75) is 97.3 Å². The molecule has 0 amide bonds. The molecule has 0 aromatic heterocycles. The third kappa shape index (κ3) is 13.7. The minimum atomic E-state index is 0.704. The summed E-state index contributed by atoms with van der Waals surface area (Å²) in [7, 11) is 0. The first-order chi connectivity index (χ1) is 9.35. The summed E-state index contributed by atoms with van der Waals surface area (Å²) in [5, 5.41) is 0. The molecule has 0 aromatic carbocycles. The van der Waals surface area contributed by atoms with Crippen molar-refractivity contribution in [2.75, 3.05) is 0 Å². The van der Waals surface area contributed by atoms with Crippen LogP contribution in [0.3, 0.4) is 0 Å². The molecule has 1 unspecified atom stereocenters. The number of hydrogen-bond donors (Lipinski definition) is 0. The summed E-state index contributed by atoms with van der Waals surface area (Å²) in [6, 6.07) is 0. The fourth-order valence-corrected chi connectivity index (χ4v) is 2.62. The van der Waals surface area contributed by atoms with Crippen LogP contribution in [0.5, 0.6) is 0 Å². The summed E-state index contributed by atoms with van der Waals surface area (Å²) in [5.41, 5.74) is 0. The molecule has 0 spiro atoms. The monoisotopic (exact) mass is 266 g/mol. The van der Waals surface area contributed by atoms with Crippen molar-refractivity contribution < 1.29 is 4.79 Å². The van der Waals surface area contributed by atoms with Gasteiger partial charge in [-0.15, -0.1) is 0 Å². The van der Waals surface area contributed by atoms with Crippen molar-refractivity contribution in [1.82, 2.24) is 0 Å². The predicted molar refractivity (Wildman–Crippen MR) is 85.1 cm³/mol. The van der Waals surface area contributed by atoms with E-state index in [4.69, 9.17) is 0 Å². The molecule has 1 heteroatoms. The minimum Gasteiger partial charge on any atom is -0.234 e. The summed E-state index contributed by atoms with van der Waals surface area (Å²) >= 11 is 0. The van der Waals surface area contributed by atoms with E-state index in [0.717, 1.165) is 6.42 Å². The highest BCUT2D eigenvalue weighted by Gasteiger charge is 2.03. The number of unbranched alkanes of at least 4 members (excludes halogenated alkanes) is 9. The quantitative estimate of drug-likeness (QED) is 0.274. The van der Waals surface area contributed by atoms with E-state index < -0.39 is 0 Å². The van der Waals surface area contributed by atoms with Crippen LogP contribution in [0.2, 0.25) is 0 Å². The third-order valence-corrected chi connectivity index (χ3v) is 4.08. The Bertz CT molecular complexity index is 216. The molecule has 0 bridgehead atoms. The third-order valence-electron chi connectivity index (χ3n) is 4.08. The van der Waals surface area contributed by atoms with Crippen molar-refractivity contribution in [3.63, 3.8) is 0 Å². The van der Waals surface area contributed by atoms with Gasteiger partial charge in [0.05, 0.1) is 0 Å². The van der Waals surface area contributed by atoms with E-state index in [0.29, 0.717) is 5.92 Å². The Kier molecular flexibility index (Phi) is 15.1. The van der Waals surface area contributed by atoms with Gasteiger partial charge >= 0.3 is 0 Å². The summed E-state index contributed by atoms with van der Waals surface area (Å²) in [6.45, 7) is 4.49. The highest BCUT2D eigenvalue weighted by molar-refractivity contribution is 5.44. The molecule has 19 heavy (non-hydrogen) atoms. The lowest BCUT2D eigenvalue weighted by atomic mass is 9.95. The molecule has 1 nitrogen and oxygen atoms in total. The Balaban J connectivity index is 3.22. The van der Waals surface area contributed by atoms with Crippen molar-refractivity contribution in [3.05, 3.63) is 6.08 Å². The smallest absolute Gasteiger partial charge is 0.120 e. The number of allylic oxidation sites excluding steroid dienone is 1. The molecule has 0 rings (SSSR count). The molecule has 0 aliphatic rings. The van der Waals surface area contributed by atoms with Crippen molar-refractivity contribution in [3.8, 4) is 0 Å². The molecule has 0 fully saturated rings. The topological polar surface area (TPSA) is 17.1 Å². The minimum absolute atomic E-state index is 0.704. The van der Waals surface area contributed by atoms with E-state index in [1.165, 1.54) is 77.0 Å². The zero-order valence-electron chi connectivity index (χ0n) is 13.3. The van der Waals surface area contributed by atoms with Gasteiger partial charge in [-0.3, -0.25) is 0 Å². The van der Waals surface area contributed by atoms with E-state index in [1.807, 2.05) is 5.94 Å². The molecule has 0 aliphatic heterocycles. The SMILES string of the molecule is CCCCCCCCCCCCC(CC)CC=C=O.